The van der Waals surface area contributed by atoms with Crippen LogP contribution < -0.4 is 10.5 Å². The van der Waals surface area contributed by atoms with E-state index in [9.17, 15) is 19.6 Å². The minimum absolute atomic E-state index is 0.109. The molecule has 1 atom stereocenters. The van der Waals surface area contributed by atoms with E-state index in [1.165, 1.54) is 11.8 Å². The number of nitrogens with zero attached hydrogens (tertiary/aromatic N) is 4. The number of carbonyl (C=O) groups excluding carboxylic acids is 1. The molecule has 10 heteroatoms. The molecule has 0 aliphatic carbocycles. The lowest BCUT2D eigenvalue weighted by atomic mass is 9.98. The highest BCUT2D eigenvalue weighted by atomic mass is 32.2. The number of hydrogen-bond donors (Lipinski definition) is 1. The van der Waals surface area contributed by atoms with Crippen molar-refractivity contribution in [1.29, 1.82) is 5.26 Å². The number of amides is 1. The average molecular weight is 531 g/mol. The number of carboxylic acids is 1. The number of unbranched alkanes of at least 4 members (excludes halogenated alkanes) is 2. The van der Waals surface area contributed by atoms with Crippen LogP contribution in [0.4, 0.5) is 5.82 Å². The van der Waals surface area contributed by atoms with Gasteiger partial charge in [0, 0.05) is 38.2 Å². The van der Waals surface area contributed by atoms with Crippen molar-refractivity contribution in [3.05, 3.63) is 31.9 Å². The topological polar surface area (TPSA) is 107 Å². The summed E-state index contributed by atoms with van der Waals surface area (Å²) in [5, 5.41) is 18.6. The number of thioether (sulfide) groups is 1. The molecule has 2 aliphatic rings. The van der Waals surface area contributed by atoms with Gasteiger partial charge in [-0.3, -0.25) is 23.9 Å². The number of aromatic nitrogens is 1. The zero-order valence-electron chi connectivity index (χ0n) is 21.2. The van der Waals surface area contributed by atoms with Gasteiger partial charge in [0.25, 0.3) is 11.5 Å². The zero-order valence-corrected chi connectivity index (χ0v) is 22.8. The number of nitriles is 1. The molecule has 3 heterocycles. The Morgan fingerprint density at radius 3 is 2.67 bits per heavy atom. The molecule has 1 amide bonds. The Morgan fingerprint density at radius 2 is 2.03 bits per heavy atom. The van der Waals surface area contributed by atoms with Gasteiger partial charge < -0.3 is 10.0 Å². The first-order valence-corrected chi connectivity index (χ1v) is 13.8. The molecular formula is C26H34N4O4S2. The van der Waals surface area contributed by atoms with E-state index in [1.54, 1.807) is 22.5 Å². The Bertz CT molecular complexity index is 1170. The van der Waals surface area contributed by atoms with E-state index < -0.39 is 5.97 Å². The summed E-state index contributed by atoms with van der Waals surface area (Å²) in [4.78, 5) is 41.6. The van der Waals surface area contributed by atoms with Crippen molar-refractivity contribution in [2.24, 2.45) is 5.92 Å². The van der Waals surface area contributed by atoms with E-state index in [1.807, 2.05) is 6.92 Å². The van der Waals surface area contributed by atoms with E-state index in [2.05, 4.69) is 17.9 Å². The van der Waals surface area contributed by atoms with Crippen LogP contribution in [0.25, 0.3) is 6.08 Å². The SMILES string of the molecule is CCCn1c(N2CCCC(C)C2)c(/C=C2\SC(=S)N(CCCCCC(=O)O)C2=O)c(C)c(C#N)c1=O. The number of piperidine rings is 1. The molecule has 1 aromatic heterocycles. The van der Waals surface area contributed by atoms with Crippen LogP contribution in [0.15, 0.2) is 9.70 Å². The van der Waals surface area contributed by atoms with Crippen molar-refractivity contribution in [2.45, 2.75) is 72.3 Å². The van der Waals surface area contributed by atoms with Crippen LogP contribution in [-0.2, 0) is 16.1 Å². The molecule has 36 heavy (non-hydrogen) atoms. The van der Waals surface area contributed by atoms with Gasteiger partial charge in [-0.25, -0.2) is 0 Å². The van der Waals surface area contributed by atoms with E-state index in [-0.39, 0.29) is 23.5 Å². The predicted octanol–water partition coefficient (Wildman–Crippen LogP) is 4.52. The molecule has 3 rings (SSSR count). The standard InChI is InChI=1S/C26H34N4O4S2/c1-4-11-29-23(28-12-8-9-17(2)16-28)19(18(3)20(15-27)24(29)33)14-21-25(34)30(26(35)36-21)13-7-5-6-10-22(31)32/h14,17H,4-13,16H2,1-3H3,(H,31,32)/b21-14-. The monoisotopic (exact) mass is 530 g/mol. The van der Waals surface area contributed by atoms with Crippen molar-refractivity contribution in [2.75, 3.05) is 24.5 Å². The summed E-state index contributed by atoms with van der Waals surface area (Å²) in [6, 6.07) is 2.09. The molecule has 1 aromatic rings. The van der Waals surface area contributed by atoms with E-state index in [4.69, 9.17) is 17.3 Å². The molecule has 8 nitrogen and oxygen atoms in total. The smallest absolute Gasteiger partial charge is 0.303 e. The third kappa shape index (κ3) is 6.19. The first-order valence-electron chi connectivity index (χ1n) is 12.6. The second kappa shape index (κ2) is 12.5. The number of rotatable bonds is 10. The van der Waals surface area contributed by atoms with Gasteiger partial charge in [0.2, 0.25) is 0 Å². The highest BCUT2D eigenvalue weighted by Gasteiger charge is 2.33. The molecule has 0 spiro atoms. The van der Waals surface area contributed by atoms with Gasteiger partial charge in [-0.2, -0.15) is 5.26 Å². The predicted molar refractivity (Wildman–Crippen MR) is 147 cm³/mol. The van der Waals surface area contributed by atoms with Gasteiger partial charge in [0.15, 0.2) is 0 Å². The lowest BCUT2D eigenvalue weighted by Crippen LogP contribution is -2.40. The van der Waals surface area contributed by atoms with E-state index in [0.717, 1.165) is 43.7 Å². The van der Waals surface area contributed by atoms with Gasteiger partial charge in [0.1, 0.15) is 21.8 Å². The molecule has 2 fully saturated rings. The van der Waals surface area contributed by atoms with Crippen LogP contribution in [-0.4, -0.2) is 50.4 Å². The number of aliphatic carboxylic acids is 1. The third-order valence-electron chi connectivity index (χ3n) is 6.67. The lowest BCUT2D eigenvalue weighted by Gasteiger charge is -2.36. The van der Waals surface area contributed by atoms with Crippen LogP contribution in [0, 0.1) is 24.2 Å². The maximum Gasteiger partial charge on any atom is 0.303 e. The number of anilines is 1. The van der Waals surface area contributed by atoms with Crippen LogP contribution in [0.5, 0.6) is 0 Å². The highest BCUT2D eigenvalue weighted by molar-refractivity contribution is 8.26. The van der Waals surface area contributed by atoms with Crippen molar-refractivity contribution >= 4 is 52.1 Å². The summed E-state index contributed by atoms with van der Waals surface area (Å²) in [5.74, 6) is 0.252. The Labute approximate surface area is 221 Å². The summed E-state index contributed by atoms with van der Waals surface area (Å²) < 4.78 is 2.18. The zero-order chi connectivity index (χ0) is 26.4. The fourth-order valence-electron chi connectivity index (χ4n) is 4.84. The summed E-state index contributed by atoms with van der Waals surface area (Å²) >= 11 is 6.72. The van der Waals surface area contributed by atoms with Gasteiger partial charge in [-0.1, -0.05) is 44.2 Å². The van der Waals surface area contributed by atoms with Crippen LogP contribution in [0.2, 0.25) is 0 Å². The molecule has 0 radical (unpaired) electrons. The van der Waals surface area contributed by atoms with Crippen LogP contribution in [0.1, 0.15) is 75.5 Å². The molecule has 0 saturated carbocycles. The van der Waals surface area contributed by atoms with Gasteiger partial charge >= 0.3 is 5.97 Å². The van der Waals surface area contributed by atoms with Crippen molar-refractivity contribution in [3.8, 4) is 6.07 Å². The minimum Gasteiger partial charge on any atom is -0.481 e. The van der Waals surface area contributed by atoms with E-state index in [0.29, 0.717) is 53.1 Å². The third-order valence-corrected chi connectivity index (χ3v) is 8.05. The van der Waals surface area contributed by atoms with Crippen LogP contribution in [0.3, 0.4) is 0 Å². The maximum absolute atomic E-state index is 13.3. The Kier molecular flexibility index (Phi) is 9.74. The second-order valence-corrected chi connectivity index (χ2v) is 11.2. The summed E-state index contributed by atoms with van der Waals surface area (Å²) in [6.07, 6.45) is 6.74. The van der Waals surface area contributed by atoms with Crippen molar-refractivity contribution in [3.63, 3.8) is 0 Å². The Balaban J connectivity index is 2.00. The molecule has 0 aromatic carbocycles. The Morgan fingerprint density at radius 1 is 1.28 bits per heavy atom. The number of carbonyl (C=O) groups is 2. The highest BCUT2D eigenvalue weighted by Crippen LogP contribution is 2.37. The molecule has 1 unspecified atom stereocenters. The fraction of sp³-hybridized carbons (Fsp3) is 0.577. The number of hydrogen-bond acceptors (Lipinski definition) is 7. The van der Waals surface area contributed by atoms with Gasteiger partial charge in [0.05, 0.1) is 4.91 Å². The largest absolute Gasteiger partial charge is 0.481 e. The number of thiocarbonyl (C=S) groups is 1. The molecule has 194 valence electrons. The van der Waals surface area contributed by atoms with Crippen molar-refractivity contribution in [1.82, 2.24) is 9.47 Å². The first kappa shape index (κ1) is 27.9. The normalized spacial score (nSPS) is 19.3. The second-order valence-electron chi connectivity index (χ2n) is 9.54. The summed E-state index contributed by atoms with van der Waals surface area (Å²) in [6.45, 7) is 8.54. The van der Waals surface area contributed by atoms with Gasteiger partial charge in [-0.15, -0.1) is 0 Å². The molecule has 2 aliphatic heterocycles. The maximum atomic E-state index is 13.3. The molecular weight excluding hydrogens is 496 g/mol. The van der Waals surface area contributed by atoms with Crippen molar-refractivity contribution < 1.29 is 14.7 Å². The number of pyridine rings is 1. The Hall–Kier alpha value is -2.64. The quantitative estimate of drug-likeness (QED) is 0.267. The average Bonchev–Trinajstić information content (AvgIpc) is 3.09. The lowest BCUT2D eigenvalue weighted by molar-refractivity contribution is -0.137. The summed E-state index contributed by atoms with van der Waals surface area (Å²) in [7, 11) is 0. The van der Waals surface area contributed by atoms with Gasteiger partial charge in [-0.05, 0) is 56.6 Å². The first-order chi connectivity index (χ1) is 17.2. The minimum atomic E-state index is -0.820. The summed E-state index contributed by atoms with van der Waals surface area (Å²) in [5.41, 5.74) is 1.14. The fourth-order valence-corrected chi connectivity index (χ4v) is 6.13. The van der Waals surface area contributed by atoms with Crippen LogP contribution >= 0.6 is 24.0 Å². The van der Waals surface area contributed by atoms with E-state index >= 15 is 0 Å². The number of carboxylic acid groups (broad SMARTS) is 1. The molecule has 0 bridgehead atoms. The molecule has 1 N–H and O–H groups in total. The molecule has 2 saturated heterocycles.